The Morgan fingerprint density at radius 3 is 2.51 bits per heavy atom. The number of amides is 1. The monoisotopic (exact) mass is 715 g/mol. The van der Waals surface area contributed by atoms with Crippen LogP contribution < -0.4 is 14.8 Å². The van der Waals surface area contributed by atoms with E-state index in [1.807, 2.05) is 42.2 Å². The van der Waals surface area contributed by atoms with Gasteiger partial charge in [0.2, 0.25) is 5.88 Å². The zero-order chi connectivity index (χ0) is 34.7. The van der Waals surface area contributed by atoms with Crippen LogP contribution in [-0.4, -0.2) is 78.8 Å². The van der Waals surface area contributed by atoms with E-state index >= 15 is 0 Å². The highest BCUT2D eigenvalue weighted by Gasteiger charge is 2.44. The van der Waals surface area contributed by atoms with Crippen molar-refractivity contribution in [1.29, 1.82) is 0 Å². The molecule has 2 bridgehead atoms. The predicted octanol–water partition coefficient (Wildman–Crippen LogP) is 5.20. The highest BCUT2D eigenvalue weighted by atomic mass is 35.5. The van der Waals surface area contributed by atoms with Gasteiger partial charge in [0.25, 0.3) is 5.91 Å². The van der Waals surface area contributed by atoms with E-state index in [1.54, 1.807) is 6.20 Å². The number of halogens is 3. The highest BCUT2D eigenvalue weighted by molar-refractivity contribution is 7.91. The number of aliphatic hydroxyl groups excluding tert-OH is 1. The van der Waals surface area contributed by atoms with Crippen molar-refractivity contribution in [2.24, 2.45) is 0 Å². The minimum Gasteiger partial charge on any atom is -0.489 e. The summed E-state index contributed by atoms with van der Waals surface area (Å²) < 4.78 is 64.8. The molecule has 2 aliphatic heterocycles. The van der Waals surface area contributed by atoms with Crippen molar-refractivity contribution in [2.45, 2.75) is 70.1 Å². The molecule has 1 amide bonds. The molecule has 1 saturated heterocycles. The van der Waals surface area contributed by atoms with Crippen LogP contribution in [0, 0.1) is 18.6 Å². The Hall–Kier alpha value is -3.58. The maximum Gasteiger partial charge on any atom is 0.252 e. The molecule has 3 aromatic rings. The fourth-order valence-corrected chi connectivity index (χ4v) is 8.51. The van der Waals surface area contributed by atoms with Crippen molar-refractivity contribution in [3.8, 4) is 11.6 Å². The third-order valence-corrected chi connectivity index (χ3v) is 11.3. The van der Waals surface area contributed by atoms with Crippen LogP contribution in [0.5, 0.6) is 11.6 Å². The van der Waals surface area contributed by atoms with Crippen LogP contribution in [0.25, 0.3) is 5.57 Å². The summed E-state index contributed by atoms with van der Waals surface area (Å²) in [7, 11) is -3.35. The lowest BCUT2D eigenvalue weighted by Crippen LogP contribution is -2.57. The van der Waals surface area contributed by atoms with Crippen molar-refractivity contribution in [1.82, 2.24) is 15.2 Å². The summed E-state index contributed by atoms with van der Waals surface area (Å²) >= 11 is 5.86. The summed E-state index contributed by atoms with van der Waals surface area (Å²) in [5, 5.41) is 12.2. The molecule has 0 radical (unpaired) electrons. The molecule has 1 saturated carbocycles. The minimum atomic E-state index is -3.35. The number of fused-ring (bicyclic) bond motifs is 2. The fraction of sp³-hybridized carbons (Fsp3) is 0.444. The molecule has 2 aromatic carbocycles. The number of pyridine rings is 1. The Morgan fingerprint density at radius 2 is 1.78 bits per heavy atom. The molecule has 13 heteroatoms. The van der Waals surface area contributed by atoms with Crippen LogP contribution in [0.15, 0.2) is 54.2 Å². The van der Waals surface area contributed by atoms with E-state index in [2.05, 4.69) is 10.3 Å². The number of rotatable bonds is 14. The zero-order valence-electron chi connectivity index (χ0n) is 27.3. The number of benzene rings is 2. The lowest BCUT2D eigenvalue weighted by molar-refractivity contribution is -0.128. The van der Waals surface area contributed by atoms with Gasteiger partial charge in [0.15, 0.2) is 21.4 Å². The van der Waals surface area contributed by atoms with Gasteiger partial charge in [-0.15, -0.1) is 0 Å². The molecule has 2 N–H and O–H groups in total. The molecule has 6 rings (SSSR count). The Labute approximate surface area is 290 Å². The van der Waals surface area contributed by atoms with Crippen molar-refractivity contribution in [3.63, 3.8) is 0 Å². The zero-order valence-corrected chi connectivity index (χ0v) is 28.8. The van der Waals surface area contributed by atoms with Crippen molar-refractivity contribution in [2.75, 3.05) is 31.3 Å². The van der Waals surface area contributed by atoms with Gasteiger partial charge in [0.05, 0.1) is 30.8 Å². The summed E-state index contributed by atoms with van der Waals surface area (Å²) in [5.74, 6) is -1.60. The number of sulfone groups is 1. The molecule has 1 unspecified atom stereocenters. The Morgan fingerprint density at radius 1 is 1.04 bits per heavy atom. The van der Waals surface area contributed by atoms with E-state index in [-0.39, 0.29) is 53.5 Å². The molecule has 9 nitrogen and oxygen atoms in total. The molecule has 2 atom stereocenters. The number of carbonyl (C=O) groups is 1. The molecule has 3 aliphatic rings. The van der Waals surface area contributed by atoms with Gasteiger partial charge >= 0.3 is 0 Å². The second kappa shape index (κ2) is 15.1. The third kappa shape index (κ3) is 8.25. The summed E-state index contributed by atoms with van der Waals surface area (Å²) in [6.45, 7) is 2.72. The first-order valence-corrected chi connectivity index (χ1v) is 18.8. The molecule has 1 aliphatic carbocycles. The number of ether oxygens (including phenoxy) is 2. The first-order valence-electron chi connectivity index (χ1n) is 16.6. The van der Waals surface area contributed by atoms with Gasteiger partial charge in [-0.25, -0.2) is 22.2 Å². The van der Waals surface area contributed by atoms with Crippen LogP contribution in [0.3, 0.4) is 0 Å². The van der Waals surface area contributed by atoms with Crippen LogP contribution in [0.4, 0.5) is 8.78 Å². The molecule has 49 heavy (non-hydrogen) atoms. The van der Waals surface area contributed by atoms with Gasteiger partial charge in [-0.2, -0.15) is 0 Å². The summed E-state index contributed by atoms with van der Waals surface area (Å²) in [6, 6.07) is 10.8. The van der Waals surface area contributed by atoms with E-state index in [0.29, 0.717) is 50.3 Å². The van der Waals surface area contributed by atoms with E-state index in [4.69, 9.17) is 26.2 Å². The first-order chi connectivity index (χ1) is 23.5. The minimum absolute atomic E-state index is 0.0135. The standard InChI is InChI=1S/C36H40ClF2N3O6S/c1-22-25(13-14-40-35(22)48-17-3-15-43)19-42(27-9-10-27)36(44)32-28(18-26-20-49(45,46)21-31(32)41-26)24-7-5-23(6-8-24)4-2-16-47-34-30(39)12-11-29(38)33(34)37/h5-8,11-14,26-27,31,41,43H,2-4,9-10,15-21H2,1H3/t26?,31-/m1/s1. The number of carbonyl (C=O) groups excluding carboxylic acids is 1. The number of nitrogens with one attached hydrogen (secondary N) is 1. The Balaban J connectivity index is 1.23. The Kier molecular flexibility index (Phi) is 10.9. The third-order valence-electron chi connectivity index (χ3n) is 9.23. The summed E-state index contributed by atoms with van der Waals surface area (Å²) in [6.07, 6.45) is 5.41. The predicted molar refractivity (Wildman–Crippen MR) is 182 cm³/mol. The van der Waals surface area contributed by atoms with Crippen LogP contribution in [-0.2, 0) is 27.6 Å². The number of nitrogens with zero attached hydrogens (tertiary/aromatic N) is 2. The van der Waals surface area contributed by atoms with Crippen molar-refractivity contribution >= 4 is 32.9 Å². The van der Waals surface area contributed by atoms with Gasteiger partial charge < -0.3 is 24.8 Å². The average molecular weight is 716 g/mol. The number of aryl methyl sites for hydroxylation is 1. The normalized spacial score (nSPS) is 19.9. The maximum absolute atomic E-state index is 14.6. The number of aliphatic hydroxyl groups is 1. The average Bonchev–Trinajstić information content (AvgIpc) is 3.91. The topological polar surface area (TPSA) is 118 Å². The van der Waals surface area contributed by atoms with Crippen molar-refractivity contribution in [3.05, 3.63) is 93.1 Å². The smallest absolute Gasteiger partial charge is 0.252 e. The molecule has 262 valence electrons. The Bertz CT molecular complexity index is 1830. The molecule has 1 aromatic heterocycles. The van der Waals surface area contributed by atoms with Crippen molar-refractivity contribution < 1.29 is 36.6 Å². The van der Waals surface area contributed by atoms with Gasteiger partial charge in [-0.3, -0.25) is 4.79 Å². The quantitative estimate of drug-likeness (QED) is 0.173. The number of hydrogen-bond acceptors (Lipinski definition) is 8. The van der Waals surface area contributed by atoms with E-state index in [1.165, 1.54) is 0 Å². The molecule has 3 heterocycles. The molecular weight excluding hydrogens is 676 g/mol. The van der Waals surface area contributed by atoms with Gasteiger partial charge in [-0.1, -0.05) is 35.9 Å². The van der Waals surface area contributed by atoms with E-state index in [9.17, 15) is 22.0 Å². The maximum atomic E-state index is 14.6. The van der Waals surface area contributed by atoms with Crippen LogP contribution in [0.2, 0.25) is 5.02 Å². The number of aromatic nitrogens is 1. The van der Waals surface area contributed by atoms with E-state index in [0.717, 1.165) is 52.8 Å². The second-order valence-electron chi connectivity index (χ2n) is 12.9. The second-order valence-corrected chi connectivity index (χ2v) is 15.4. The van der Waals surface area contributed by atoms with Crippen LogP contribution in [0.1, 0.15) is 54.4 Å². The largest absolute Gasteiger partial charge is 0.489 e. The molecule has 2 fully saturated rings. The molecular formula is C36H40ClF2N3O6S. The lowest BCUT2D eigenvalue weighted by Gasteiger charge is -2.40. The van der Waals surface area contributed by atoms with Crippen LogP contribution >= 0.6 is 11.6 Å². The number of hydrogen-bond donors (Lipinski definition) is 2. The summed E-state index contributed by atoms with van der Waals surface area (Å²) in [4.78, 5) is 20.8. The SMILES string of the molecule is Cc1c(CN(C(=O)C2=C(c3ccc(CCCOc4c(F)ccc(F)c4Cl)cc3)CC3CS(=O)(=O)C[C@H]2N3)C2CC2)ccnc1OCCCO. The summed E-state index contributed by atoms with van der Waals surface area (Å²) in [5.41, 5.74) is 4.92. The van der Waals surface area contributed by atoms with Gasteiger partial charge in [0, 0.05) is 49.0 Å². The fourth-order valence-electron chi connectivity index (χ4n) is 6.57. The van der Waals surface area contributed by atoms with Gasteiger partial charge in [0.1, 0.15) is 10.8 Å². The molecule has 0 spiro atoms. The lowest BCUT2D eigenvalue weighted by atomic mass is 9.85. The highest BCUT2D eigenvalue weighted by Crippen LogP contribution is 2.38. The first kappa shape index (κ1) is 35.3. The van der Waals surface area contributed by atoms with E-state index < -0.39 is 27.5 Å². The van der Waals surface area contributed by atoms with Gasteiger partial charge in [-0.05, 0) is 79.5 Å².